The van der Waals surface area contributed by atoms with Gasteiger partial charge in [0.15, 0.2) is 5.65 Å². The summed E-state index contributed by atoms with van der Waals surface area (Å²) in [5, 5.41) is 7.13. The highest BCUT2D eigenvalue weighted by atomic mass is 16.6. The lowest BCUT2D eigenvalue weighted by atomic mass is 10.1. The summed E-state index contributed by atoms with van der Waals surface area (Å²) in [4.78, 5) is 31.5. The van der Waals surface area contributed by atoms with Gasteiger partial charge in [0.05, 0.1) is 6.20 Å². The number of fused-ring (bicyclic) bond motifs is 1. The SMILES string of the molecule is CC(C)(C)OC(=O)NCCN(C(=O)OC(C)(C)C)c1ccn2ncc(-c3cccc(OCc4ccccc4)c3)c2n1. The number of nitrogens with one attached hydrogen (secondary N) is 1. The van der Waals surface area contributed by atoms with Gasteiger partial charge in [0.25, 0.3) is 0 Å². The number of rotatable bonds is 8. The highest BCUT2D eigenvalue weighted by molar-refractivity contribution is 5.88. The monoisotopic (exact) mass is 559 g/mol. The van der Waals surface area contributed by atoms with E-state index in [1.807, 2.05) is 54.6 Å². The number of hydrogen-bond acceptors (Lipinski definition) is 7. The van der Waals surface area contributed by atoms with Crippen molar-refractivity contribution in [2.75, 3.05) is 18.0 Å². The first-order valence-electron chi connectivity index (χ1n) is 13.5. The van der Waals surface area contributed by atoms with Crippen LogP contribution >= 0.6 is 0 Å². The lowest BCUT2D eigenvalue weighted by Gasteiger charge is -2.27. The number of benzene rings is 2. The normalized spacial score (nSPS) is 11.7. The first-order chi connectivity index (χ1) is 19.4. The van der Waals surface area contributed by atoms with E-state index >= 15 is 0 Å². The van der Waals surface area contributed by atoms with Crippen molar-refractivity contribution in [3.63, 3.8) is 0 Å². The summed E-state index contributed by atoms with van der Waals surface area (Å²) in [5.41, 5.74) is 1.91. The number of alkyl carbamates (subject to hydrolysis) is 1. The summed E-state index contributed by atoms with van der Waals surface area (Å²) in [6, 6.07) is 19.3. The summed E-state index contributed by atoms with van der Waals surface area (Å²) in [7, 11) is 0. The fraction of sp³-hybridized carbons (Fsp3) is 0.355. The van der Waals surface area contributed by atoms with Crippen molar-refractivity contribution in [2.24, 2.45) is 0 Å². The maximum atomic E-state index is 13.2. The number of aromatic nitrogens is 3. The molecule has 1 N–H and O–H groups in total. The number of nitrogens with zero attached hydrogens (tertiary/aromatic N) is 4. The molecule has 0 fully saturated rings. The van der Waals surface area contributed by atoms with Crippen molar-refractivity contribution in [2.45, 2.75) is 59.4 Å². The van der Waals surface area contributed by atoms with Crippen molar-refractivity contribution < 1.29 is 23.8 Å². The van der Waals surface area contributed by atoms with Gasteiger partial charge in [-0.15, -0.1) is 0 Å². The summed E-state index contributed by atoms with van der Waals surface area (Å²) in [5.74, 6) is 1.07. The van der Waals surface area contributed by atoms with E-state index in [1.54, 1.807) is 64.5 Å². The molecule has 10 nitrogen and oxygen atoms in total. The summed E-state index contributed by atoms with van der Waals surface area (Å²) >= 11 is 0. The van der Waals surface area contributed by atoms with Gasteiger partial charge in [0, 0.05) is 24.8 Å². The third-order valence-corrected chi connectivity index (χ3v) is 5.64. The number of carbonyl (C=O) groups excluding carboxylic acids is 2. The van der Waals surface area contributed by atoms with Gasteiger partial charge in [-0.1, -0.05) is 42.5 Å². The van der Waals surface area contributed by atoms with E-state index in [0.717, 1.165) is 16.7 Å². The molecule has 0 aliphatic heterocycles. The lowest BCUT2D eigenvalue weighted by molar-refractivity contribution is 0.0512. The predicted octanol–water partition coefficient (Wildman–Crippen LogP) is 6.24. The zero-order valence-corrected chi connectivity index (χ0v) is 24.4. The number of ether oxygens (including phenoxy) is 3. The van der Waals surface area contributed by atoms with Crippen molar-refractivity contribution in [1.82, 2.24) is 19.9 Å². The van der Waals surface area contributed by atoms with Crippen molar-refractivity contribution in [1.29, 1.82) is 0 Å². The zero-order valence-electron chi connectivity index (χ0n) is 24.4. The molecule has 2 heterocycles. The molecular weight excluding hydrogens is 522 g/mol. The third kappa shape index (κ3) is 8.44. The molecule has 0 aliphatic rings. The second-order valence-electron chi connectivity index (χ2n) is 11.5. The van der Waals surface area contributed by atoms with Crippen LogP contribution in [0.1, 0.15) is 47.1 Å². The standard InChI is InChI=1S/C31H37N5O5/c1-30(2,3)40-28(37)32-16-18-35(29(38)41-31(4,5)6)26-15-17-36-27(34-26)25(20-33-36)23-13-10-14-24(19-23)39-21-22-11-8-7-9-12-22/h7-15,17,19-20H,16,18,21H2,1-6H3,(H,32,37). The number of carbonyl (C=O) groups is 2. The number of amides is 2. The molecule has 0 saturated heterocycles. The molecule has 10 heteroatoms. The smallest absolute Gasteiger partial charge is 0.416 e. The number of anilines is 1. The van der Waals surface area contributed by atoms with E-state index in [0.29, 0.717) is 23.8 Å². The average molecular weight is 560 g/mol. The van der Waals surface area contributed by atoms with Crippen LogP contribution in [-0.2, 0) is 16.1 Å². The maximum Gasteiger partial charge on any atom is 0.416 e. The Balaban J connectivity index is 1.58. The summed E-state index contributed by atoms with van der Waals surface area (Å²) < 4.78 is 18.6. The first-order valence-corrected chi connectivity index (χ1v) is 13.5. The molecule has 4 rings (SSSR count). The Labute approximate surface area is 240 Å². The molecule has 4 aromatic rings. The molecule has 0 atom stereocenters. The van der Waals surface area contributed by atoms with E-state index in [4.69, 9.17) is 19.2 Å². The Hall–Kier alpha value is -4.60. The minimum atomic E-state index is -0.722. The van der Waals surface area contributed by atoms with E-state index in [2.05, 4.69) is 10.4 Å². The molecule has 0 saturated carbocycles. The first kappa shape index (κ1) is 29.4. The molecule has 0 spiro atoms. The highest BCUT2D eigenvalue weighted by Gasteiger charge is 2.25. The molecule has 0 unspecified atom stereocenters. The van der Waals surface area contributed by atoms with Crippen LogP contribution < -0.4 is 15.0 Å². The van der Waals surface area contributed by atoms with Crippen LogP contribution in [0.5, 0.6) is 5.75 Å². The molecular formula is C31H37N5O5. The van der Waals surface area contributed by atoms with Gasteiger partial charge in [0.1, 0.15) is 29.4 Å². The van der Waals surface area contributed by atoms with Gasteiger partial charge in [-0.05, 0) is 70.9 Å². The summed E-state index contributed by atoms with van der Waals surface area (Å²) in [6.07, 6.45) is 2.30. The second kappa shape index (κ2) is 12.3. The van der Waals surface area contributed by atoms with E-state index in [1.165, 1.54) is 4.90 Å². The molecule has 0 aliphatic carbocycles. The van der Waals surface area contributed by atoms with Crippen LogP contribution in [0.4, 0.5) is 15.4 Å². The minimum absolute atomic E-state index is 0.115. The third-order valence-electron chi connectivity index (χ3n) is 5.64. The van der Waals surface area contributed by atoms with Crippen LogP contribution in [0.3, 0.4) is 0 Å². The Kier molecular flexibility index (Phi) is 8.80. The fourth-order valence-corrected chi connectivity index (χ4v) is 3.91. The Bertz CT molecular complexity index is 1490. The predicted molar refractivity (Wildman–Crippen MR) is 157 cm³/mol. The van der Waals surface area contributed by atoms with E-state index in [9.17, 15) is 9.59 Å². The lowest BCUT2D eigenvalue weighted by Crippen LogP contribution is -2.43. The summed E-state index contributed by atoms with van der Waals surface area (Å²) in [6.45, 7) is 11.4. The topological polar surface area (TPSA) is 107 Å². The molecule has 2 aromatic heterocycles. The van der Waals surface area contributed by atoms with Gasteiger partial charge in [-0.25, -0.2) is 19.1 Å². The Morgan fingerprint density at radius 3 is 2.37 bits per heavy atom. The molecule has 41 heavy (non-hydrogen) atoms. The van der Waals surface area contributed by atoms with Gasteiger partial charge < -0.3 is 19.5 Å². The molecule has 2 amide bonds. The molecule has 0 bridgehead atoms. The molecule has 216 valence electrons. The zero-order chi connectivity index (χ0) is 29.6. The number of hydrogen-bond donors (Lipinski definition) is 1. The van der Waals surface area contributed by atoms with Crippen LogP contribution in [0.2, 0.25) is 0 Å². The van der Waals surface area contributed by atoms with Crippen LogP contribution in [0.25, 0.3) is 16.8 Å². The fourth-order valence-electron chi connectivity index (χ4n) is 3.91. The van der Waals surface area contributed by atoms with E-state index in [-0.39, 0.29) is 13.1 Å². The molecule has 2 aromatic carbocycles. The average Bonchev–Trinajstić information content (AvgIpc) is 3.32. The van der Waals surface area contributed by atoms with Crippen molar-refractivity contribution in [3.8, 4) is 16.9 Å². The van der Waals surface area contributed by atoms with Gasteiger partial charge in [-0.2, -0.15) is 5.10 Å². The second-order valence-corrected chi connectivity index (χ2v) is 11.5. The van der Waals surface area contributed by atoms with Crippen LogP contribution in [-0.4, -0.2) is 51.1 Å². The maximum absolute atomic E-state index is 13.2. The van der Waals surface area contributed by atoms with Gasteiger partial charge in [-0.3, -0.25) is 4.90 Å². The minimum Gasteiger partial charge on any atom is -0.489 e. The van der Waals surface area contributed by atoms with Crippen LogP contribution in [0, 0.1) is 0 Å². The Morgan fingerprint density at radius 1 is 0.927 bits per heavy atom. The van der Waals surface area contributed by atoms with E-state index < -0.39 is 23.4 Å². The van der Waals surface area contributed by atoms with Crippen molar-refractivity contribution >= 4 is 23.7 Å². The van der Waals surface area contributed by atoms with Crippen LogP contribution in [0.15, 0.2) is 73.1 Å². The van der Waals surface area contributed by atoms with Crippen molar-refractivity contribution in [3.05, 3.63) is 78.6 Å². The highest BCUT2D eigenvalue weighted by Crippen LogP contribution is 2.28. The van der Waals surface area contributed by atoms with Gasteiger partial charge >= 0.3 is 12.2 Å². The Morgan fingerprint density at radius 2 is 1.66 bits per heavy atom. The molecule has 0 radical (unpaired) electrons. The van der Waals surface area contributed by atoms with Gasteiger partial charge in [0.2, 0.25) is 0 Å². The largest absolute Gasteiger partial charge is 0.489 e. The quantitative estimate of drug-likeness (QED) is 0.272.